The monoisotopic (exact) mass is 580 g/mol. The lowest BCUT2D eigenvalue weighted by Gasteiger charge is -2.35. The molecule has 2 aliphatic heterocycles. The number of nitrogens with zero attached hydrogens (tertiary/aromatic N) is 5. The number of pyridine rings is 1. The fourth-order valence-corrected chi connectivity index (χ4v) is 6.64. The molecule has 4 aromatic rings. The number of ether oxygens (including phenoxy) is 1. The zero-order valence-electron chi connectivity index (χ0n) is 25.7. The number of aromatic nitrogens is 4. The molecule has 1 N–H and O–H groups in total. The number of amides is 2. The third-order valence-electron chi connectivity index (χ3n) is 9.04. The Morgan fingerprint density at radius 3 is 2.63 bits per heavy atom. The first-order valence-electron chi connectivity index (χ1n) is 15.5. The number of rotatable bonds is 4. The van der Waals surface area contributed by atoms with Crippen LogP contribution < -0.4 is 0 Å². The van der Waals surface area contributed by atoms with E-state index >= 15 is 0 Å². The number of carbonyl (C=O) groups excluding carboxylic acids is 2. The SMILES string of the molecule is Cc1nn(C2CC2)cc1C(=O)N1CCc2cc(-c3cnc4[nH]cc(C)c4c3)cc([C@@H]3CCCN3C(=O)OC(C)(C)C)c2C1. The number of hydrogen-bond donors (Lipinski definition) is 1. The van der Waals surface area contributed by atoms with Crippen molar-refractivity contribution in [2.45, 2.75) is 91.0 Å². The molecular formula is C34H40N6O3. The molecule has 0 radical (unpaired) electrons. The van der Waals surface area contributed by atoms with Crippen molar-refractivity contribution in [1.29, 1.82) is 0 Å². The van der Waals surface area contributed by atoms with E-state index in [9.17, 15) is 9.59 Å². The second-order valence-electron chi connectivity index (χ2n) is 13.4. The number of aromatic amines is 1. The molecule has 1 aromatic carbocycles. The molecule has 0 bridgehead atoms. The molecule has 1 saturated heterocycles. The van der Waals surface area contributed by atoms with Gasteiger partial charge in [-0.15, -0.1) is 0 Å². The Morgan fingerprint density at radius 2 is 1.86 bits per heavy atom. The zero-order valence-corrected chi connectivity index (χ0v) is 25.7. The van der Waals surface area contributed by atoms with E-state index in [-0.39, 0.29) is 18.0 Å². The Labute approximate surface area is 252 Å². The molecule has 0 unspecified atom stereocenters. The first kappa shape index (κ1) is 27.7. The molecule has 0 spiro atoms. The third kappa shape index (κ3) is 5.19. The highest BCUT2D eigenvalue weighted by molar-refractivity contribution is 5.95. The fraction of sp³-hybridized carbons (Fsp3) is 0.471. The van der Waals surface area contributed by atoms with Gasteiger partial charge in [0.2, 0.25) is 0 Å². The minimum Gasteiger partial charge on any atom is -0.444 e. The van der Waals surface area contributed by atoms with Crippen molar-refractivity contribution in [3.63, 3.8) is 0 Å². The largest absolute Gasteiger partial charge is 0.444 e. The number of benzene rings is 1. The minimum absolute atomic E-state index is 0.0260. The lowest BCUT2D eigenvalue weighted by molar-refractivity contribution is 0.0222. The second-order valence-corrected chi connectivity index (χ2v) is 13.4. The average Bonchev–Trinajstić information content (AvgIpc) is 3.39. The molecule has 5 heterocycles. The average molecular weight is 581 g/mol. The van der Waals surface area contributed by atoms with Gasteiger partial charge in [0.15, 0.2) is 0 Å². The van der Waals surface area contributed by atoms with Crippen molar-refractivity contribution < 1.29 is 14.3 Å². The molecule has 9 nitrogen and oxygen atoms in total. The van der Waals surface area contributed by atoms with Crippen LogP contribution in [0.3, 0.4) is 0 Å². The van der Waals surface area contributed by atoms with Crippen LogP contribution in [-0.2, 0) is 17.7 Å². The van der Waals surface area contributed by atoms with E-state index < -0.39 is 5.60 Å². The van der Waals surface area contributed by atoms with Crippen LogP contribution in [0.5, 0.6) is 0 Å². The predicted molar refractivity (Wildman–Crippen MR) is 165 cm³/mol. The van der Waals surface area contributed by atoms with Crippen LogP contribution in [0.15, 0.2) is 36.8 Å². The number of likely N-dealkylation sites (tertiary alicyclic amines) is 1. The van der Waals surface area contributed by atoms with Gasteiger partial charge >= 0.3 is 6.09 Å². The molecule has 2 fully saturated rings. The summed E-state index contributed by atoms with van der Waals surface area (Å²) in [6.07, 6.45) is 10.3. The normalized spacial score (nSPS) is 18.8. The van der Waals surface area contributed by atoms with Gasteiger partial charge < -0.3 is 19.5 Å². The molecule has 1 saturated carbocycles. The quantitative estimate of drug-likeness (QED) is 0.292. The Kier molecular flexibility index (Phi) is 6.59. The minimum atomic E-state index is -0.576. The maximum absolute atomic E-state index is 13.8. The first-order valence-corrected chi connectivity index (χ1v) is 15.5. The van der Waals surface area contributed by atoms with Crippen molar-refractivity contribution in [3.05, 3.63) is 70.3 Å². The molecule has 224 valence electrons. The maximum atomic E-state index is 13.8. The summed E-state index contributed by atoms with van der Waals surface area (Å²) in [5, 5.41) is 5.75. The summed E-state index contributed by atoms with van der Waals surface area (Å²) < 4.78 is 7.81. The molecule has 3 aliphatic rings. The molecule has 3 aromatic heterocycles. The highest BCUT2D eigenvalue weighted by Gasteiger charge is 2.37. The molecule has 7 rings (SSSR count). The number of nitrogens with one attached hydrogen (secondary N) is 1. The molecule has 9 heteroatoms. The van der Waals surface area contributed by atoms with Gasteiger partial charge in [-0.3, -0.25) is 9.48 Å². The van der Waals surface area contributed by atoms with Crippen molar-refractivity contribution in [1.82, 2.24) is 29.5 Å². The number of hydrogen-bond acceptors (Lipinski definition) is 5. The van der Waals surface area contributed by atoms with Gasteiger partial charge in [-0.1, -0.05) is 6.07 Å². The highest BCUT2D eigenvalue weighted by Crippen LogP contribution is 2.41. The molecule has 1 aliphatic carbocycles. The molecule has 43 heavy (non-hydrogen) atoms. The van der Waals surface area contributed by atoms with E-state index in [4.69, 9.17) is 9.72 Å². The Hall–Kier alpha value is -4.14. The molecular weight excluding hydrogens is 540 g/mol. The first-order chi connectivity index (χ1) is 20.6. The standard InChI is InChI=1S/C34H40N6O3/c1-20-16-35-31-26(20)15-24(17-36-31)23-13-22-10-12-38(32(41)28-19-40(25-8-9-25)37-21(28)2)18-29(22)27(14-23)30-7-6-11-39(30)33(42)43-34(3,4)5/h13-17,19,25,30H,6-12,18H2,1-5H3,(H,35,36)/t30-/m0/s1. The van der Waals surface area contributed by atoms with Crippen LogP contribution in [-0.4, -0.2) is 60.2 Å². The van der Waals surface area contributed by atoms with Crippen LogP contribution in [0, 0.1) is 13.8 Å². The Balaban J connectivity index is 1.28. The van der Waals surface area contributed by atoms with Gasteiger partial charge in [0.1, 0.15) is 11.2 Å². The van der Waals surface area contributed by atoms with Gasteiger partial charge in [0.05, 0.1) is 23.3 Å². The van der Waals surface area contributed by atoms with Gasteiger partial charge in [-0.05, 0) is 107 Å². The molecule has 1 atom stereocenters. The third-order valence-corrected chi connectivity index (χ3v) is 9.04. The van der Waals surface area contributed by atoms with E-state index in [2.05, 4.69) is 35.2 Å². The summed E-state index contributed by atoms with van der Waals surface area (Å²) in [4.78, 5) is 39.0. The number of H-pyrrole nitrogens is 1. The summed E-state index contributed by atoms with van der Waals surface area (Å²) in [6, 6.07) is 6.98. The zero-order chi connectivity index (χ0) is 30.0. The van der Waals surface area contributed by atoms with Crippen molar-refractivity contribution >= 4 is 23.0 Å². The fourth-order valence-electron chi connectivity index (χ4n) is 6.64. The summed E-state index contributed by atoms with van der Waals surface area (Å²) in [5.74, 6) is 0.0260. The van der Waals surface area contributed by atoms with Crippen LogP contribution in [0.2, 0.25) is 0 Å². The number of aryl methyl sites for hydroxylation is 2. The van der Waals surface area contributed by atoms with Crippen LogP contribution in [0.4, 0.5) is 4.79 Å². The van der Waals surface area contributed by atoms with Crippen LogP contribution in [0.1, 0.15) is 96.8 Å². The number of carbonyl (C=O) groups is 2. The van der Waals surface area contributed by atoms with Crippen molar-refractivity contribution in [2.75, 3.05) is 13.1 Å². The summed E-state index contributed by atoms with van der Waals surface area (Å²) in [7, 11) is 0. The van der Waals surface area contributed by atoms with E-state index in [1.54, 1.807) is 0 Å². The smallest absolute Gasteiger partial charge is 0.410 e. The van der Waals surface area contributed by atoms with E-state index in [1.807, 2.05) is 60.8 Å². The van der Waals surface area contributed by atoms with Gasteiger partial charge in [-0.2, -0.15) is 5.10 Å². The Morgan fingerprint density at radius 1 is 1.05 bits per heavy atom. The Bertz CT molecular complexity index is 1740. The van der Waals surface area contributed by atoms with E-state index in [0.29, 0.717) is 31.2 Å². The number of fused-ring (bicyclic) bond motifs is 2. The van der Waals surface area contributed by atoms with E-state index in [0.717, 1.165) is 76.6 Å². The van der Waals surface area contributed by atoms with Gasteiger partial charge in [0.25, 0.3) is 5.91 Å². The van der Waals surface area contributed by atoms with E-state index in [1.165, 1.54) is 5.56 Å². The summed E-state index contributed by atoms with van der Waals surface area (Å²) in [5.41, 5.74) is 8.52. The van der Waals surface area contributed by atoms with Gasteiger partial charge in [-0.25, -0.2) is 9.78 Å². The van der Waals surface area contributed by atoms with Crippen LogP contribution >= 0.6 is 0 Å². The van der Waals surface area contributed by atoms with Gasteiger partial charge in [0, 0.05) is 49.2 Å². The predicted octanol–water partition coefficient (Wildman–Crippen LogP) is 6.65. The van der Waals surface area contributed by atoms with Crippen molar-refractivity contribution in [2.24, 2.45) is 0 Å². The van der Waals surface area contributed by atoms with Crippen LogP contribution in [0.25, 0.3) is 22.2 Å². The molecule has 2 amide bonds. The topological polar surface area (TPSA) is 96.4 Å². The maximum Gasteiger partial charge on any atom is 0.410 e. The summed E-state index contributed by atoms with van der Waals surface area (Å²) in [6.45, 7) is 11.5. The lowest BCUT2D eigenvalue weighted by atomic mass is 9.86. The lowest BCUT2D eigenvalue weighted by Crippen LogP contribution is -2.39. The van der Waals surface area contributed by atoms with Crippen molar-refractivity contribution in [3.8, 4) is 11.1 Å². The highest BCUT2D eigenvalue weighted by atomic mass is 16.6. The summed E-state index contributed by atoms with van der Waals surface area (Å²) >= 11 is 0. The second kappa shape index (κ2) is 10.2.